The molecule has 0 saturated heterocycles. The fraction of sp³-hybridized carbons (Fsp3) is 0.190. The number of carbonyl (C=O) groups excluding carboxylic acids is 1. The molecule has 0 aliphatic heterocycles. The van der Waals surface area contributed by atoms with Gasteiger partial charge in [0, 0.05) is 25.2 Å². The van der Waals surface area contributed by atoms with Crippen molar-refractivity contribution in [2.75, 3.05) is 19.8 Å². The molecule has 0 fully saturated rings. The number of benzene rings is 1. The van der Waals surface area contributed by atoms with Crippen LogP contribution in [-0.2, 0) is 0 Å². The molecule has 1 aliphatic carbocycles. The summed E-state index contributed by atoms with van der Waals surface area (Å²) in [5.74, 6) is 0.00357. The summed E-state index contributed by atoms with van der Waals surface area (Å²) in [7, 11) is 3.40. The van der Waals surface area contributed by atoms with Crippen LogP contribution in [0.5, 0.6) is 0 Å². The molecule has 1 amide bonds. The molecule has 2 aromatic heterocycles. The molecule has 2 heterocycles. The standard InChI is InChI=1S/C21H20N6O3/c1-27(2)21(29)13-9-7-12(8-10-13)15-11-23-18(22)17(24-15)20-26-25-19(30-20)14-5-3-4-6-16(14)28/h3-11,14,16,28H,1-2H3,(H2,22,23). The van der Waals surface area contributed by atoms with Crippen LogP contribution in [0.15, 0.2) is 59.2 Å². The van der Waals surface area contributed by atoms with Crippen molar-refractivity contribution in [3.8, 4) is 22.8 Å². The van der Waals surface area contributed by atoms with Gasteiger partial charge in [0.05, 0.1) is 23.9 Å². The van der Waals surface area contributed by atoms with Gasteiger partial charge in [-0.3, -0.25) is 4.79 Å². The summed E-state index contributed by atoms with van der Waals surface area (Å²) >= 11 is 0. The molecule has 3 N–H and O–H groups in total. The third-order valence-electron chi connectivity index (χ3n) is 4.67. The van der Waals surface area contributed by atoms with Gasteiger partial charge in [-0.25, -0.2) is 9.97 Å². The van der Waals surface area contributed by atoms with Crippen molar-refractivity contribution in [1.82, 2.24) is 25.1 Å². The first-order valence-electron chi connectivity index (χ1n) is 9.25. The molecular formula is C21H20N6O3. The summed E-state index contributed by atoms with van der Waals surface area (Å²) in [6.45, 7) is 0. The third-order valence-corrected chi connectivity index (χ3v) is 4.67. The van der Waals surface area contributed by atoms with E-state index in [0.717, 1.165) is 5.56 Å². The summed E-state index contributed by atoms with van der Waals surface area (Å²) < 4.78 is 5.73. The molecule has 0 saturated carbocycles. The predicted molar refractivity (Wildman–Crippen MR) is 110 cm³/mol. The van der Waals surface area contributed by atoms with Crippen molar-refractivity contribution >= 4 is 11.7 Å². The summed E-state index contributed by atoms with van der Waals surface area (Å²) in [6.07, 6.45) is 7.78. The second-order valence-electron chi connectivity index (χ2n) is 7.00. The molecule has 9 nitrogen and oxygen atoms in total. The van der Waals surface area contributed by atoms with Crippen LogP contribution in [0.3, 0.4) is 0 Å². The number of aromatic nitrogens is 4. The fourth-order valence-electron chi connectivity index (χ4n) is 3.03. The SMILES string of the molecule is CN(C)C(=O)c1ccc(-c2cnc(N)c(-c3nnc(C4C=CC=CC4O)o3)n2)cc1. The molecule has 4 rings (SSSR count). The number of hydrogen-bond acceptors (Lipinski definition) is 8. The number of anilines is 1. The Morgan fingerprint density at radius 3 is 2.57 bits per heavy atom. The zero-order valence-corrected chi connectivity index (χ0v) is 16.4. The number of nitrogens with zero attached hydrogens (tertiary/aromatic N) is 5. The molecule has 0 radical (unpaired) electrons. The fourth-order valence-corrected chi connectivity index (χ4v) is 3.03. The number of hydrogen-bond donors (Lipinski definition) is 2. The van der Waals surface area contributed by atoms with Crippen LogP contribution in [0, 0.1) is 0 Å². The molecule has 30 heavy (non-hydrogen) atoms. The van der Waals surface area contributed by atoms with Crippen LogP contribution >= 0.6 is 0 Å². The van der Waals surface area contributed by atoms with Crippen LogP contribution in [0.25, 0.3) is 22.8 Å². The van der Waals surface area contributed by atoms with Crippen LogP contribution in [0.4, 0.5) is 5.82 Å². The Hall–Kier alpha value is -3.85. The lowest BCUT2D eigenvalue weighted by molar-refractivity contribution is 0.0827. The van der Waals surface area contributed by atoms with Crippen LogP contribution in [0.1, 0.15) is 22.2 Å². The first-order valence-corrected chi connectivity index (χ1v) is 9.25. The van der Waals surface area contributed by atoms with Gasteiger partial charge >= 0.3 is 0 Å². The zero-order valence-electron chi connectivity index (χ0n) is 16.4. The number of nitrogen functional groups attached to an aromatic ring is 1. The smallest absolute Gasteiger partial charge is 0.270 e. The lowest BCUT2D eigenvalue weighted by Crippen LogP contribution is -2.21. The van der Waals surface area contributed by atoms with Crippen molar-refractivity contribution in [1.29, 1.82) is 0 Å². The first kappa shape index (κ1) is 19.5. The Bertz CT molecular complexity index is 1130. The molecular weight excluding hydrogens is 384 g/mol. The van der Waals surface area contributed by atoms with Gasteiger partial charge in [-0.1, -0.05) is 36.4 Å². The van der Waals surface area contributed by atoms with Crippen LogP contribution in [-0.4, -0.2) is 56.3 Å². The lowest BCUT2D eigenvalue weighted by Gasteiger charge is -2.14. The highest BCUT2D eigenvalue weighted by Gasteiger charge is 2.25. The largest absolute Gasteiger partial charge is 0.418 e. The van der Waals surface area contributed by atoms with E-state index in [4.69, 9.17) is 10.2 Å². The average molecular weight is 404 g/mol. The minimum atomic E-state index is -0.749. The Labute approximate surface area is 172 Å². The quantitative estimate of drug-likeness (QED) is 0.675. The van der Waals surface area contributed by atoms with Gasteiger partial charge < -0.3 is 20.2 Å². The van der Waals surface area contributed by atoms with E-state index in [0.29, 0.717) is 11.3 Å². The molecule has 2 unspecified atom stereocenters. The molecule has 1 aliphatic rings. The van der Waals surface area contributed by atoms with Gasteiger partial charge in [-0.15, -0.1) is 10.2 Å². The number of carbonyl (C=O) groups is 1. The number of rotatable bonds is 4. The molecule has 2 atom stereocenters. The van der Waals surface area contributed by atoms with Crippen molar-refractivity contribution in [2.24, 2.45) is 0 Å². The number of nitrogens with two attached hydrogens (primary N) is 1. The number of aliphatic hydroxyl groups excluding tert-OH is 1. The number of aliphatic hydroxyl groups is 1. The van der Waals surface area contributed by atoms with Crippen molar-refractivity contribution < 1.29 is 14.3 Å². The highest BCUT2D eigenvalue weighted by molar-refractivity contribution is 5.94. The molecule has 9 heteroatoms. The van der Waals surface area contributed by atoms with Gasteiger partial charge in [0.1, 0.15) is 0 Å². The van der Waals surface area contributed by atoms with Crippen LogP contribution in [0.2, 0.25) is 0 Å². The summed E-state index contributed by atoms with van der Waals surface area (Å²) in [5, 5.41) is 18.2. The predicted octanol–water partition coefficient (Wildman–Crippen LogP) is 2.05. The maximum absolute atomic E-state index is 12.1. The van der Waals surface area contributed by atoms with E-state index in [9.17, 15) is 9.90 Å². The highest BCUT2D eigenvalue weighted by atomic mass is 16.4. The Balaban J connectivity index is 1.64. The van der Waals surface area contributed by atoms with E-state index >= 15 is 0 Å². The number of amides is 1. The Morgan fingerprint density at radius 2 is 1.87 bits per heavy atom. The zero-order chi connectivity index (χ0) is 21.3. The van der Waals surface area contributed by atoms with Gasteiger partial charge in [0.2, 0.25) is 5.89 Å². The van der Waals surface area contributed by atoms with E-state index in [1.54, 1.807) is 62.7 Å². The topological polar surface area (TPSA) is 131 Å². The van der Waals surface area contributed by atoms with E-state index in [2.05, 4.69) is 20.2 Å². The van der Waals surface area contributed by atoms with Crippen molar-refractivity contribution in [3.05, 3.63) is 66.2 Å². The minimum Gasteiger partial charge on any atom is -0.418 e. The highest BCUT2D eigenvalue weighted by Crippen LogP contribution is 2.29. The molecule has 0 spiro atoms. The van der Waals surface area contributed by atoms with Gasteiger partial charge in [0.25, 0.3) is 11.8 Å². The Morgan fingerprint density at radius 1 is 1.13 bits per heavy atom. The third kappa shape index (κ3) is 3.70. The van der Waals surface area contributed by atoms with Gasteiger partial charge in [-0.05, 0) is 12.1 Å². The maximum Gasteiger partial charge on any atom is 0.270 e. The van der Waals surface area contributed by atoms with E-state index in [1.807, 2.05) is 0 Å². The summed E-state index contributed by atoms with van der Waals surface area (Å²) in [4.78, 5) is 22.3. The average Bonchev–Trinajstić information content (AvgIpc) is 3.23. The molecule has 3 aromatic rings. The lowest BCUT2D eigenvalue weighted by atomic mass is 9.98. The minimum absolute atomic E-state index is 0.0854. The van der Waals surface area contributed by atoms with E-state index in [1.165, 1.54) is 11.1 Å². The van der Waals surface area contributed by atoms with Crippen LogP contribution < -0.4 is 5.73 Å². The Kier molecular flexibility index (Phi) is 5.11. The molecule has 152 valence electrons. The molecule has 0 bridgehead atoms. The van der Waals surface area contributed by atoms with E-state index < -0.39 is 12.0 Å². The second-order valence-corrected chi connectivity index (χ2v) is 7.00. The van der Waals surface area contributed by atoms with E-state index in [-0.39, 0.29) is 29.2 Å². The summed E-state index contributed by atoms with van der Waals surface area (Å²) in [6, 6.07) is 7.03. The van der Waals surface area contributed by atoms with Gasteiger partial charge in [-0.2, -0.15) is 0 Å². The van der Waals surface area contributed by atoms with Gasteiger partial charge in [0.15, 0.2) is 11.5 Å². The normalized spacial score (nSPS) is 17.8. The number of allylic oxidation sites excluding steroid dienone is 2. The second kappa shape index (κ2) is 7.88. The maximum atomic E-state index is 12.1. The first-order chi connectivity index (χ1) is 14.4. The monoisotopic (exact) mass is 404 g/mol. The van der Waals surface area contributed by atoms with Crippen molar-refractivity contribution in [3.63, 3.8) is 0 Å². The van der Waals surface area contributed by atoms with Crippen molar-refractivity contribution in [2.45, 2.75) is 12.0 Å². The summed E-state index contributed by atoms with van der Waals surface area (Å²) in [5.41, 5.74) is 8.11. The molecule has 1 aromatic carbocycles.